The standard InChI is InChI=1S/C20H30O2.3CH4/c1-13(2)14-6-8-16-15(12-14)7-9-17-19(16,3)10-5-11-20(17,4)18(21)22;;;/h12,16-17H,5-11H2,1-4H3,(H,21,22);3*1H4/t16-,17+,19+,20+;;;/m0.../s1. The first-order chi connectivity index (χ1) is 10.3. The van der Waals surface area contributed by atoms with E-state index in [0.29, 0.717) is 11.8 Å². The Balaban J connectivity index is 0.00000192. The van der Waals surface area contributed by atoms with Gasteiger partial charge in [0.25, 0.3) is 0 Å². The second-order valence-electron chi connectivity index (χ2n) is 8.51. The van der Waals surface area contributed by atoms with Crippen molar-refractivity contribution >= 4 is 5.97 Å². The van der Waals surface area contributed by atoms with Crippen molar-refractivity contribution in [2.75, 3.05) is 0 Å². The van der Waals surface area contributed by atoms with Crippen LogP contribution >= 0.6 is 0 Å². The summed E-state index contributed by atoms with van der Waals surface area (Å²) in [5, 5.41) is 9.84. The van der Waals surface area contributed by atoms with E-state index in [-0.39, 0.29) is 27.7 Å². The number of rotatable bonds is 1. The summed E-state index contributed by atoms with van der Waals surface area (Å²) < 4.78 is 0. The summed E-state index contributed by atoms with van der Waals surface area (Å²) in [6, 6.07) is 0. The molecule has 3 aliphatic carbocycles. The number of carboxylic acids is 1. The van der Waals surface area contributed by atoms with Gasteiger partial charge in [0, 0.05) is 0 Å². The van der Waals surface area contributed by atoms with Crippen molar-refractivity contribution in [1.29, 1.82) is 0 Å². The molecule has 3 rings (SSSR count). The van der Waals surface area contributed by atoms with E-state index < -0.39 is 11.4 Å². The Bertz CT molecular complexity index is 552. The minimum atomic E-state index is -0.573. The third-order valence-electron chi connectivity index (χ3n) is 7.13. The lowest BCUT2D eigenvalue weighted by atomic mass is 9.46. The van der Waals surface area contributed by atoms with Crippen LogP contribution < -0.4 is 0 Å². The molecule has 3 aliphatic rings. The second-order valence-corrected chi connectivity index (χ2v) is 8.51. The van der Waals surface area contributed by atoms with Gasteiger partial charge < -0.3 is 5.11 Å². The molecule has 0 aromatic rings. The largest absolute Gasteiger partial charge is 0.481 e. The third-order valence-corrected chi connectivity index (χ3v) is 7.13. The zero-order valence-corrected chi connectivity index (χ0v) is 14.5. The highest BCUT2D eigenvalue weighted by atomic mass is 16.4. The quantitative estimate of drug-likeness (QED) is 0.540. The lowest BCUT2D eigenvalue weighted by molar-refractivity contribution is -0.164. The van der Waals surface area contributed by atoms with Crippen molar-refractivity contribution in [3.63, 3.8) is 0 Å². The normalized spacial score (nSPS) is 36.3. The molecular formula is C23H42O2. The van der Waals surface area contributed by atoms with E-state index in [1.54, 1.807) is 5.57 Å². The first-order valence-electron chi connectivity index (χ1n) is 8.89. The van der Waals surface area contributed by atoms with Crippen LogP contribution in [0.1, 0.15) is 94.9 Å². The predicted octanol–water partition coefficient (Wildman–Crippen LogP) is 7.26. The van der Waals surface area contributed by atoms with Crippen LogP contribution in [0.5, 0.6) is 0 Å². The van der Waals surface area contributed by atoms with Gasteiger partial charge in [-0.25, -0.2) is 0 Å². The monoisotopic (exact) mass is 350 g/mol. The van der Waals surface area contributed by atoms with Crippen LogP contribution in [-0.4, -0.2) is 11.1 Å². The van der Waals surface area contributed by atoms with Crippen LogP contribution in [0.4, 0.5) is 0 Å². The van der Waals surface area contributed by atoms with Crippen molar-refractivity contribution < 1.29 is 9.90 Å². The number of allylic oxidation sites excluding steroid dienone is 4. The summed E-state index contributed by atoms with van der Waals surface area (Å²) >= 11 is 0. The Kier molecular flexibility index (Phi) is 7.76. The molecule has 2 heteroatoms. The topological polar surface area (TPSA) is 37.3 Å². The highest BCUT2D eigenvalue weighted by molar-refractivity contribution is 5.75. The molecule has 0 saturated heterocycles. The molecule has 146 valence electrons. The van der Waals surface area contributed by atoms with Gasteiger partial charge in [-0.1, -0.05) is 52.8 Å². The van der Waals surface area contributed by atoms with Gasteiger partial charge in [0.1, 0.15) is 0 Å². The van der Waals surface area contributed by atoms with Crippen LogP contribution in [0, 0.1) is 22.7 Å². The van der Waals surface area contributed by atoms with Gasteiger partial charge in [-0.15, -0.1) is 0 Å². The molecule has 0 spiro atoms. The maximum atomic E-state index is 12.0. The average molecular weight is 351 g/mol. The van der Waals surface area contributed by atoms with Gasteiger partial charge in [-0.2, -0.15) is 0 Å². The number of fused-ring (bicyclic) bond motifs is 3. The van der Waals surface area contributed by atoms with Gasteiger partial charge >= 0.3 is 5.97 Å². The minimum absolute atomic E-state index is 0. The fraction of sp³-hybridized carbons (Fsp3) is 0.783. The molecule has 0 radical (unpaired) electrons. The number of carbonyl (C=O) groups is 1. The third kappa shape index (κ3) is 3.59. The van der Waals surface area contributed by atoms with E-state index in [1.165, 1.54) is 30.4 Å². The lowest BCUT2D eigenvalue weighted by Crippen LogP contribution is -2.53. The van der Waals surface area contributed by atoms with Gasteiger partial charge in [0.2, 0.25) is 0 Å². The van der Waals surface area contributed by atoms with Crippen molar-refractivity contribution in [1.82, 2.24) is 0 Å². The van der Waals surface area contributed by atoms with E-state index >= 15 is 0 Å². The molecule has 0 aromatic heterocycles. The Labute approximate surface area is 156 Å². The SMILES string of the molecule is C.C.C.CC(C)=C1C=C2CC[C@@H]3[C@](C)(CCC[C@@]3(C)C(=O)O)[C@H]2CC1. The van der Waals surface area contributed by atoms with Crippen molar-refractivity contribution in [2.45, 2.75) is 94.9 Å². The highest BCUT2D eigenvalue weighted by Crippen LogP contribution is 2.63. The van der Waals surface area contributed by atoms with Gasteiger partial charge in [-0.3, -0.25) is 4.79 Å². The Hall–Kier alpha value is -1.05. The molecule has 0 amide bonds. The summed E-state index contributed by atoms with van der Waals surface area (Å²) in [4.78, 5) is 12.0. The lowest BCUT2D eigenvalue weighted by Gasteiger charge is -2.58. The summed E-state index contributed by atoms with van der Waals surface area (Å²) in [5.74, 6) is 0.367. The van der Waals surface area contributed by atoms with Crippen LogP contribution in [0.2, 0.25) is 0 Å². The molecule has 1 N–H and O–H groups in total. The Morgan fingerprint density at radius 2 is 1.72 bits per heavy atom. The van der Waals surface area contributed by atoms with Crippen molar-refractivity contribution in [2.24, 2.45) is 22.7 Å². The highest BCUT2D eigenvalue weighted by Gasteiger charge is 2.57. The van der Waals surface area contributed by atoms with Crippen molar-refractivity contribution in [3.05, 3.63) is 22.8 Å². The number of carboxylic acid groups (broad SMARTS) is 1. The molecule has 0 aliphatic heterocycles. The molecule has 0 unspecified atom stereocenters. The van der Waals surface area contributed by atoms with E-state index in [2.05, 4.69) is 26.8 Å². The minimum Gasteiger partial charge on any atom is -0.481 e. The number of hydrogen-bond donors (Lipinski definition) is 1. The Morgan fingerprint density at radius 3 is 2.28 bits per heavy atom. The molecule has 2 nitrogen and oxygen atoms in total. The number of hydrogen-bond acceptors (Lipinski definition) is 1. The maximum absolute atomic E-state index is 12.0. The van der Waals surface area contributed by atoms with Gasteiger partial charge in [-0.05, 0) is 82.1 Å². The van der Waals surface area contributed by atoms with E-state index in [1.807, 2.05) is 6.92 Å². The Morgan fingerprint density at radius 1 is 1.08 bits per heavy atom. The zero-order valence-electron chi connectivity index (χ0n) is 14.5. The van der Waals surface area contributed by atoms with E-state index in [9.17, 15) is 9.90 Å². The number of aliphatic carboxylic acids is 1. The maximum Gasteiger partial charge on any atom is 0.309 e. The van der Waals surface area contributed by atoms with Crippen LogP contribution in [0.25, 0.3) is 0 Å². The zero-order chi connectivity index (χ0) is 16.1. The molecule has 25 heavy (non-hydrogen) atoms. The van der Waals surface area contributed by atoms with Crippen molar-refractivity contribution in [3.8, 4) is 0 Å². The van der Waals surface area contributed by atoms with E-state index in [4.69, 9.17) is 0 Å². The summed E-state index contributed by atoms with van der Waals surface area (Å²) in [7, 11) is 0. The second kappa shape index (κ2) is 8.10. The molecule has 2 saturated carbocycles. The fourth-order valence-corrected chi connectivity index (χ4v) is 5.82. The van der Waals surface area contributed by atoms with Crippen LogP contribution in [-0.2, 0) is 4.79 Å². The molecule has 4 atom stereocenters. The fourth-order valence-electron chi connectivity index (χ4n) is 5.82. The smallest absolute Gasteiger partial charge is 0.309 e. The molecule has 0 heterocycles. The van der Waals surface area contributed by atoms with Gasteiger partial charge in [0.05, 0.1) is 5.41 Å². The summed E-state index contributed by atoms with van der Waals surface area (Å²) in [6.07, 6.45) is 10.1. The van der Waals surface area contributed by atoms with Crippen LogP contribution in [0.3, 0.4) is 0 Å². The summed E-state index contributed by atoms with van der Waals surface area (Å²) in [6.45, 7) is 8.82. The molecule has 2 fully saturated rings. The molecular weight excluding hydrogens is 308 g/mol. The molecule has 0 aromatic carbocycles. The molecule has 0 bridgehead atoms. The first kappa shape index (κ1) is 23.9. The van der Waals surface area contributed by atoms with Crippen LogP contribution in [0.15, 0.2) is 22.8 Å². The van der Waals surface area contributed by atoms with E-state index in [0.717, 1.165) is 25.7 Å². The average Bonchev–Trinajstić information content (AvgIpc) is 2.46. The predicted molar refractivity (Wildman–Crippen MR) is 110 cm³/mol. The summed E-state index contributed by atoms with van der Waals surface area (Å²) in [5.41, 5.74) is 4.23. The van der Waals surface area contributed by atoms with Gasteiger partial charge in [0.15, 0.2) is 0 Å². The first-order valence-corrected chi connectivity index (χ1v) is 8.89.